The predicted molar refractivity (Wildman–Crippen MR) is 58.8 cm³/mol. The van der Waals surface area contributed by atoms with Gasteiger partial charge < -0.3 is 10.5 Å². The molecular formula is C10H11BrFNO2. The fourth-order valence-electron chi connectivity index (χ4n) is 1.15. The molecule has 0 spiro atoms. The largest absolute Gasteiger partial charge is 0.466 e. The van der Waals surface area contributed by atoms with Crippen LogP contribution in [0.15, 0.2) is 16.6 Å². The number of rotatable bonds is 3. The molecule has 1 aromatic carbocycles. The van der Waals surface area contributed by atoms with Crippen molar-refractivity contribution in [3.8, 4) is 0 Å². The molecule has 15 heavy (non-hydrogen) atoms. The van der Waals surface area contributed by atoms with Gasteiger partial charge in [0.2, 0.25) is 0 Å². The summed E-state index contributed by atoms with van der Waals surface area (Å²) >= 11 is 3.21. The molecule has 0 amide bonds. The van der Waals surface area contributed by atoms with Crippen LogP contribution in [-0.4, -0.2) is 12.6 Å². The zero-order valence-corrected chi connectivity index (χ0v) is 9.80. The molecule has 2 N–H and O–H groups in total. The van der Waals surface area contributed by atoms with Crippen molar-refractivity contribution in [2.75, 3.05) is 12.3 Å². The molecule has 0 unspecified atom stereocenters. The Bertz CT molecular complexity index is 382. The quantitative estimate of drug-likeness (QED) is 0.680. The van der Waals surface area contributed by atoms with E-state index in [1.54, 1.807) is 6.92 Å². The van der Waals surface area contributed by atoms with Gasteiger partial charge in [0.1, 0.15) is 5.82 Å². The SMILES string of the molecule is CCOC(=O)Cc1c(Br)ccc(F)c1N. The maximum Gasteiger partial charge on any atom is 0.310 e. The van der Waals surface area contributed by atoms with Crippen LogP contribution in [0.1, 0.15) is 12.5 Å². The number of esters is 1. The second-order valence-electron chi connectivity index (χ2n) is 2.90. The van der Waals surface area contributed by atoms with E-state index in [-0.39, 0.29) is 12.1 Å². The predicted octanol–water partition coefficient (Wildman–Crippen LogP) is 2.28. The van der Waals surface area contributed by atoms with Crippen LogP contribution in [0.3, 0.4) is 0 Å². The van der Waals surface area contributed by atoms with Gasteiger partial charge in [0.05, 0.1) is 18.7 Å². The number of anilines is 1. The first kappa shape index (κ1) is 12.0. The van der Waals surface area contributed by atoms with E-state index < -0.39 is 11.8 Å². The van der Waals surface area contributed by atoms with E-state index in [0.29, 0.717) is 16.6 Å². The monoisotopic (exact) mass is 275 g/mol. The number of ether oxygens (including phenoxy) is 1. The summed E-state index contributed by atoms with van der Waals surface area (Å²) in [4.78, 5) is 11.2. The molecule has 0 fully saturated rings. The van der Waals surface area contributed by atoms with Crippen LogP contribution in [-0.2, 0) is 16.0 Å². The molecule has 82 valence electrons. The normalized spacial score (nSPS) is 10.1. The highest BCUT2D eigenvalue weighted by molar-refractivity contribution is 9.10. The van der Waals surface area contributed by atoms with Gasteiger partial charge in [-0.1, -0.05) is 15.9 Å². The van der Waals surface area contributed by atoms with E-state index in [1.165, 1.54) is 12.1 Å². The van der Waals surface area contributed by atoms with Crippen molar-refractivity contribution in [3.63, 3.8) is 0 Å². The first-order valence-corrected chi connectivity index (χ1v) is 5.23. The average molecular weight is 276 g/mol. The van der Waals surface area contributed by atoms with Crippen molar-refractivity contribution in [1.82, 2.24) is 0 Å². The lowest BCUT2D eigenvalue weighted by Crippen LogP contribution is -2.10. The van der Waals surface area contributed by atoms with E-state index in [2.05, 4.69) is 15.9 Å². The molecule has 0 aliphatic heterocycles. The summed E-state index contributed by atoms with van der Waals surface area (Å²) in [6.07, 6.45) is -0.0297. The molecule has 0 radical (unpaired) electrons. The molecule has 0 saturated heterocycles. The second kappa shape index (κ2) is 5.11. The van der Waals surface area contributed by atoms with Crippen LogP contribution >= 0.6 is 15.9 Å². The number of hydrogen-bond donors (Lipinski definition) is 1. The first-order valence-electron chi connectivity index (χ1n) is 4.44. The molecule has 0 saturated carbocycles. The number of nitrogen functional groups attached to an aromatic ring is 1. The van der Waals surface area contributed by atoms with Gasteiger partial charge in [0, 0.05) is 10.0 Å². The van der Waals surface area contributed by atoms with Gasteiger partial charge in [-0.15, -0.1) is 0 Å². The third-order valence-corrected chi connectivity index (χ3v) is 2.62. The van der Waals surface area contributed by atoms with Gasteiger partial charge in [-0.25, -0.2) is 4.39 Å². The molecule has 0 bridgehead atoms. The topological polar surface area (TPSA) is 52.3 Å². The van der Waals surface area contributed by atoms with Crippen LogP contribution < -0.4 is 5.73 Å². The van der Waals surface area contributed by atoms with Crippen LogP contribution in [0.25, 0.3) is 0 Å². The number of carbonyl (C=O) groups is 1. The molecule has 0 aliphatic rings. The van der Waals surface area contributed by atoms with Crippen molar-refractivity contribution in [2.45, 2.75) is 13.3 Å². The van der Waals surface area contributed by atoms with Crippen LogP contribution in [0.2, 0.25) is 0 Å². The lowest BCUT2D eigenvalue weighted by molar-refractivity contribution is -0.142. The Balaban J connectivity index is 2.93. The third kappa shape index (κ3) is 2.92. The third-order valence-electron chi connectivity index (χ3n) is 1.87. The lowest BCUT2D eigenvalue weighted by atomic mass is 10.1. The second-order valence-corrected chi connectivity index (χ2v) is 3.76. The maximum absolute atomic E-state index is 13.1. The fourth-order valence-corrected chi connectivity index (χ4v) is 1.63. The lowest BCUT2D eigenvalue weighted by Gasteiger charge is -2.08. The Morgan fingerprint density at radius 2 is 2.27 bits per heavy atom. The molecule has 5 heteroatoms. The Kier molecular flexibility index (Phi) is 4.08. The summed E-state index contributed by atoms with van der Waals surface area (Å²) in [5.74, 6) is -0.951. The van der Waals surface area contributed by atoms with Crippen LogP contribution in [0, 0.1) is 5.82 Å². The van der Waals surface area contributed by atoms with E-state index in [0.717, 1.165) is 0 Å². The Hall–Kier alpha value is -1.10. The summed E-state index contributed by atoms with van der Waals surface area (Å²) < 4.78 is 18.5. The maximum atomic E-state index is 13.1. The van der Waals surface area contributed by atoms with Gasteiger partial charge in [0.15, 0.2) is 0 Å². The van der Waals surface area contributed by atoms with Crippen LogP contribution in [0.4, 0.5) is 10.1 Å². The van der Waals surface area contributed by atoms with E-state index in [4.69, 9.17) is 10.5 Å². The summed E-state index contributed by atoms with van der Waals surface area (Å²) in [7, 11) is 0. The summed E-state index contributed by atoms with van der Waals surface area (Å²) in [6, 6.07) is 2.76. The molecule has 1 aromatic rings. The van der Waals surface area contributed by atoms with Crippen LogP contribution in [0.5, 0.6) is 0 Å². The Morgan fingerprint density at radius 1 is 1.60 bits per heavy atom. The minimum absolute atomic E-state index is 0.0163. The number of carbonyl (C=O) groups excluding carboxylic acids is 1. The van der Waals surface area contributed by atoms with Gasteiger partial charge in [-0.05, 0) is 19.1 Å². The van der Waals surface area contributed by atoms with Crippen molar-refractivity contribution >= 4 is 27.6 Å². The molecule has 0 aliphatic carbocycles. The highest BCUT2D eigenvalue weighted by atomic mass is 79.9. The van der Waals surface area contributed by atoms with Crippen molar-refractivity contribution in [2.24, 2.45) is 0 Å². The average Bonchev–Trinajstić information content (AvgIpc) is 2.19. The zero-order chi connectivity index (χ0) is 11.4. The Labute approximate surface area is 95.5 Å². The van der Waals surface area contributed by atoms with Gasteiger partial charge >= 0.3 is 5.97 Å². The standard InChI is InChI=1S/C10H11BrFNO2/c1-2-15-9(14)5-6-7(11)3-4-8(12)10(6)13/h3-4H,2,5,13H2,1H3. The van der Waals surface area contributed by atoms with Crippen molar-refractivity contribution in [1.29, 1.82) is 0 Å². The smallest absolute Gasteiger partial charge is 0.310 e. The van der Waals surface area contributed by atoms with Crippen molar-refractivity contribution < 1.29 is 13.9 Å². The number of nitrogens with two attached hydrogens (primary N) is 1. The summed E-state index contributed by atoms with van der Waals surface area (Å²) in [5, 5.41) is 0. The number of halogens is 2. The molecule has 1 rings (SSSR count). The number of hydrogen-bond acceptors (Lipinski definition) is 3. The first-order chi connectivity index (χ1) is 7.06. The molecule has 0 aromatic heterocycles. The Morgan fingerprint density at radius 3 is 2.87 bits per heavy atom. The minimum Gasteiger partial charge on any atom is -0.466 e. The highest BCUT2D eigenvalue weighted by Crippen LogP contribution is 2.25. The zero-order valence-electron chi connectivity index (χ0n) is 8.22. The molecule has 0 heterocycles. The van der Waals surface area contributed by atoms with E-state index in [1.807, 2.05) is 0 Å². The van der Waals surface area contributed by atoms with Gasteiger partial charge in [0.25, 0.3) is 0 Å². The number of benzene rings is 1. The highest BCUT2D eigenvalue weighted by Gasteiger charge is 2.13. The minimum atomic E-state index is -0.530. The molecule has 3 nitrogen and oxygen atoms in total. The molecule has 0 atom stereocenters. The van der Waals surface area contributed by atoms with Gasteiger partial charge in [-0.3, -0.25) is 4.79 Å². The fraction of sp³-hybridized carbons (Fsp3) is 0.300. The summed E-state index contributed by atoms with van der Waals surface area (Å²) in [6.45, 7) is 2.01. The van der Waals surface area contributed by atoms with E-state index >= 15 is 0 Å². The van der Waals surface area contributed by atoms with Crippen molar-refractivity contribution in [3.05, 3.63) is 28.0 Å². The van der Waals surface area contributed by atoms with E-state index in [9.17, 15) is 9.18 Å². The summed E-state index contributed by atoms with van der Waals surface area (Å²) in [5.41, 5.74) is 5.92. The molecular weight excluding hydrogens is 265 g/mol. The van der Waals surface area contributed by atoms with Gasteiger partial charge in [-0.2, -0.15) is 0 Å².